The van der Waals surface area contributed by atoms with E-state index in [-0.39, 0.29) is 11.7 Å². The number of Topliss-reactive ketones (excluding diaryl/α,β-unsaturated/α-hetero) is 1. The van der Waals surface area contributed by atoms with Crippen LogP contribution < -0.4 is 10.1 Å². The van der Waals surface area contributed by atoms with E-state index in [1.807, 2.05) is 18.2 Å². The maximum absolute atomic E-state index is 12.5. The number of aromatic nitrogens is 1. The second kappa shape index (κ2) is 5.96. The molecule has 0 saturated heterocycles. The van der Waals surface area contributed by atoms with Gasteiger partial charge in [-0.25, -0.2) is 0 Å². The molecule has 0 aliphatic heterocycles. The summed E-state index contributed by atoms with van der Waals surface area (Å²) in [7, 11) is 1.59. The molecule has 0 fully saturated rings. The second-order valence-electron chi connectivity index (χ2n) is 5.20. The molecule has 3 rings (SSSR count). The number of nitrogens with one attached hydrogen (secondary N) is 2. The Morgan fingerprint density at radius 3 is 2.48 bits per heavy atom. The smallest absolute Gasteiger partial charge is 0.257 e. The van der Waals surface area contributed by atoms with Crippen molar-refractivity contribution in [2.45, 2.75) is 6.92 Å². The molecule has 1 aromatic heterocycles. The highest BCUT2D eigenvalue weighted by Crippen LogP contribution is 2.24. The quantitative estimate of drug-likeness (QED) is 0.723. The molecule has 0 aliphatic rings. The summed E-state index contributed by atoms with van der Waals surface area (Å²) in [6.45, 7) is 1.51. The van der Waals surface area contributed by atoms with Gasteiger partial charge in [0.2, 0.25) is 0 Å². The third-order valence-corrected chi connectivity index (χ3v) is 3.68. The lowest BCUT2D eigenvalue weighted by molar-refractivity contribution is 0.101. The topological polar surface area (TPSA) is 71.2 Å². The second-order valence-corrected chi connectivity index (χ2v) is 5.20. The van der Waals surface area contributed by atoms with Crippen LogP contribution in [0.2, 0.25) is 0 Å². The SMILES string of the molecule is COc1ccc2[nH]cc(C(=O)Nc3ccc(C(C)=O)cc3)c2c1. The predicted octanol–water partition coefficient (Wildman–Crippen LogP) is 3.63. The molecule has 2 aromatic carbocycles. The zero-order valence-corrected chi connectivity index (χ0v) is 12.8. The average molecular weight is 308 g/mol. The van der Waals surface area contributed by atoms with Crippen LogP contribution in [0.3, 0.4) is 0 Å². The molecule has 0 saturated carbocycles. The van der Waals surface area contributed by atoms with Crippen molar-refractivity contribution in [3.8, 4) is 5.75 Å². The fourth-order valence-electron chi connectivity index (χ4n) is 2.40. The number of H-pyrrole nitrogens is 1. The van der Waals surface area contributed by atoms with E-state index < -0.39 is 0 Å². The van der Waals surface area contributed by atoms with Crippen molar-refractivity contribution in [1.82, 2.24) is 4.98 Å². The maximum atomic E-state index is 12.5. The molecule has 1 amide bonds. The van der Waals surface area contributed by atoms with E-state index >= 15 is 0 Å². The summed E-state index contributed by atoms with van der Waals surface area (Å²) in [6, 6.07) is 12.3. The van der Waals surface area contributed by atoms with Gasteiger partial charge in [-0.15, -0.1) is 0 Å². The van der Waals surface area contributed by atoms with Crippen molar-refractivity contribution >= 4 is 28.3 Å². The number of rotatable bonds is 4. The molecule has 2 N–H and O–H groups in total. The fraction of sp³-hybridized carbons (Fsp3) is 0.111. The Bertz CT molecular complexity index is 879. The number of amides is 1. The molecule has 1 heterocycles. The standard InChI is InChI=1S/C18H16N2O3/c1-11(21)12-3-5-13(6-4-12)20-18(22)16-10-19-17-8-7-14(23-2)9-15(16)17/h3-10,19H,1-2H3,(H,20,22). The van der Waals surface area contributed by atoms with Crippen molar-refractivity contribution in [3.05, 3.63) is 59.8 Å². The molecule has 0 spiro atoms. The van der Waals surface area contributed by atoms with E-state index in [0.717, 1.165) is 10.9 Å². The van der Waals surface area contributed by atoms with Gasteiger partial charge in [-0.1, -0.05) is 0 Å². The summed E-state index contributed by atoms with van der Waals surface area (Å²) in [5, 5.41) is 3.62. The Balaban J connectivity index is 1.87. The number of carbonyl (C=O) groups excluding carboxylic acids is 2. The minimum atomic E-state index is -0.222. The zero-order valence-electron chi connectivity index (χ0n) is 12.8. The minimum Gasteiger partial charge on any atom is -0.497 e. The van der Waals surface area contributed by atoms with E-state index in [9.17, 15) is 9.59 Å². The van der Waals surface area contributed by atoms with E-state index in [2.05, 4.69) is 10.3 Å². The Morgan fingerprint density at radius 1 is 1.09 bits per heavy atom. The van der Waals surface area contributed by atoms with Crippen LogP contribution in [0.15, 0.2) is 48.7 Å². The predicted molar refractivity (Wildman–Crippen MR) is 89.3 cm³/mol. The van der Waals surface area contributed by atoms with Crippen LogP contribution in [0.1, 0.15) is 27.6 Å². The van der Waals surface area contributed by atoms with E-state index in [0.29, 0.717) is 22.6 Å². The molecule has 23 heavy (non-hydrogen) atoms. The van der Waals surface area contributed by atoms with Gasteiger partial charge in [-0.3, -0.25) is 9.59 Å². The first-order valence-corrected chi connectivity index (χ1v) is 7.16. The fourth-order valence-corrected chi connectivity index (χ4v) is 2.40. The molecule has 5 heteroatoms. The largest absolute Gasteiger partial charge is 0.497 e. The van der Waals surface area contributed by atoms with Gasteiger partial charge in [-0.2, -0.15) is 0 Å². The highest BCUT2D eigenvalue weighted by molar-refractivity contribution is 6.13. The third-order valence-electron chi connectivity index (χ3n) is 3.68. The first-order chi connectivity index (χ1) is 11.1. The summed E-state index contributed by atoms with van der Waals surface area (Å²) in [4.78, 5) is 26.8. The first kappa shape index (κ1) is 14.8. The average Bonchev–Trinajstić information content (AvgIpc) is 2.98. The van der Waals surface area contributed by atoms with E-state index in [1.54, 1.807) is 37.6 Å². The lowest BCUT2D eigenvalue weighted by atomic mass is 10.1. The van der Waals surface area contributed by atoms with Crippen LogP contribution in [-0.4, -0.2) is 23.8 Å². The van der Waals surface area contributed by atoms with Gasteiger partial charge in [0.25, 0.3) is 5.91 Å². The van der Waals surface area contributed by atoms with Crippen molar-refractivity contribution < 1.29 is 14.3 Å². The van der Waals surface area contributed by atoms with Crippen LogP contribution in [0.4, 0.5) is 5.69 Å². The lowest BCUT2D eigenvalue weighted by Gasteiger charge is -2.06. The summed E-state index contributed by atoms with van der Waals surface area (Å²) < 4.78 is 5.20. The van der Waals surface area contributed by atoms with Gasteiger partial charge >= 0.3 is 0 Å². The van der Waals surface area contributed by atoms with Crippen LogP contribution >= 0.6 is 0 Å². The van der Waals surface area contributed by atoms with Gasteiger partial charge in [0.1, 0.15) is 5.75 Å². The minimum absolute atomic E-state index is 0.00778. The highest BCUT2D eigenvalue weighted by Gasteiger charge is 2.13. The van der Waals surface area contributed by atoms with Crippen molar-refractivity contribution in [1.29, 1.82) is 0 Å². The lowest BCUT2D eigenvalue weighted by Crippen LogP contribution is -2.11. The normalized spacial score (nSPS) is 10.5. The number of hydrogen-bond donors (Lipinski definition) is 2. The molecular formula is C18H16N2O3. The van der Waals surface area contributed by atoms with Gasteiger partial charge in [0, 0.05) is 28.4 Å². The van der Waals surface area contributed by atoms with Crippen molar-refractivity contribution in [2.75, 3.05) is 12.4 Å². The van der Waals surface area contributed by atoms with Gasteiger partial charge in [0.05, 0.1) is 12.7 Å². The van der Waals surface area contributed by atoms with Gasteiger partial charge < -0.3 is 15.0 Å². The van der Waals surface area contributed by atoms with Crippen LogP contribution in [0.5, 0.6) is 5.75 Å². The Morgan fingerprint density at radius 2 is 1.83 bits per heavy atom. The number of benzene rings is 2. The van der Waals surface area contributed by atoms with Crippen LogP contribution in [-0.2, 0) is 0 Å². The summed E-state index contributed by atoms with van der Waals surface area (Å²) in [5.74, 6) is 0.462. The molecular weight excluding hydrogens is 292 g/mol. The zero-order chi connectivity index (χ0) is 16.4. The van der Waals surface area contributed by atoms with Gasteiger partial charge in [0.15, 0.2) is 5.78 Å². The molecule has 116 valence electrons. The number of ketones is 1. The first-order valence-electron chi connectivity index (χ1n) is 7.16. The molecule has 0 unspecified atom stereocenters. The Labute approximate surface area is 133 Å². The number of fused-ring (bicyclic) bond motifs is 1. The maximum Gasteiger partial charge on any atom is 0.257 e. The molecule has 3 aromatic rings. The number of methoxy groups -OCH3 is 1. The molecule has 0 atom stereocenters. The number of carbonyl (C=O) groups is 2. The number of hydrogen-bond acceptors (Lipinski definition) is 3. The van der Waals surface area contributed by atoms with Crippen molar-refractivity contribution in [3.63, 3.8) is 0 Å². The molecule has 0 bridgehead atoms. The number of anilines is 1. The third kappa shape index (κ3) is 2.94. The number of aromatic amines is 1. The number of ether oxygens (including phenoxy) is 1. The highest BCUT2D eigenvalue weighted by atomic mass is 16.5. The summed E-state index contributed by atoms with van der Waals surface area (Å²) in [5.41, 5.74) is 2.65. The van der Waals surface area contributed by atoms with E-state index in [1.165, 1.54) is 6.92 Å². The summed E-state index contributed by atoms with van der Waals surface area (Å²) in [6.07, 6.45) is 1.67. The van der Waals surface area contributed by atoms with Crippen LogP contribution in [0.25, 0.3) is 10.9 Å². The van der Waals surface area contributed by atoms with Crippen molar-refractivity contribution in [2.24, 2.45) is 0 Å². The summed E-state index contributed by atoms with van der Waals surface area (Å²) >= 11 is 0. The van der Waals surface area contributed by atoms with E-state index in [4.69, 9.17) is 4.74 Å². The molecule has 5 nitrogen and oxygen atoms in total. The molecule has 0 radical (unpaired) electrons. The molecule has 0 aliphatic carbocycles. The monoisotopic (exact) mass is 308 g/mol. The van der Waals surface area contributed by atoms with Crippen LogP contribution in [0, 0.1) is 0 Å². The Hall–Kier alpha value is -3.08. The van der Waals surface area contributed by atoms with Gasteiger partial charge in [-0.05, 0) is 49.4 Å². The Kier molecular flexibility index (Phi) is 3.85.